The van der Waals surface area contributed by atoms with Crippen molar-refractivity contribution < 1.29 is 0 Å². The molecule has 0 bridgehead atoms. The van der Waals surface area contributed by atoms with Crippen LogP contribution in [-0.4, -0.2) is 10.2 Å². The summed E-state index contributed by atoms with van der Waals surface area (Å²) in [6.07, 6.45) is 0. The van der Waals surface area contributed by atoms with E-state index in [4.69, 9.17) is 5.73 Å². The van der Waals surface area contributed by atoms with E-state index in [0.29, 0.717) is 11.7 Å². The Hall–Kier alpha value is -1.33. The summed E-state index contributed by atoms with van der Waals surface area (Å²) in [5.41, 5.74) is 8.11. The first kappa shape index (κ1) is 10.8. The maximum Gasteiger partial charge on any atom is 0.149 e. The molecular formula is C12H13N3S2. The fourth-order valence-corrected chi connectivity index (χ4v) is 4.14. The van der Waals surface area contributed by atoms with Gasteiger partial charge < -0.3 is 5.73 Å². The second-order valence-electron chi connectivity index (χ2n) is 4.31. The van der Waals surface area contributed by atoms with E-state index in [1.54, 1.807) is 22.7 Å². The van der Waals surface area contributed by atoms with Crippen molar-refractivity contribution in [3.05, 3.63) is 23.1 Å². The minimum absolute atomic E-state index is 0.379. The number of nitrogens with one attached hydrogen (secondary N) is 1. The molecule has 0 spiro atoms. The Kier molecular flexibility index (Phi) is 2.45. The number of aromatic nitrogens is 2. The molecule has 3 aromatic heterocycles. The third-order valence-corrected chi connectivity index (χ3v) is 4.91. The number of nitrogens with two attached hydrogens (primary N) is 1. The summed E-state index contributed by atoms with van der Waals surface area (Å²) < 4.78 is 2.65. The summed E-state index contributed by atoms with van der Waals surface area (Å²) in [5, 5.41) is 9.31. The van der Waals surface area contributed by atoms with Gasteiger partial charge in [-0.25, -0.2) is 0 Å². The number of rotatable bonds is 2. The predicted octanol–water partition coefficient (Wildman–Crippen LogP) is 4.06. The van der Waals surface area contributed by atoms with Gasteiger partial charge in [-0.1, -0.05) is 13.8 Å². The van der Waals surface area contributed by atoms with Crippen LogP contribution in [0.5, 0.6) is 0 Å². The quantitative estimate of drug-likeness (QED) is 0.732. The molecule has 88 valence electrons. The molecule has 3 N–H and O–H groups in total. The molecule has 0 aliphatic carbocycles. The second kappa shape index (κ2) is 3.85. The van der Waals surface area contributed by atoms with E-state index in [1.165, 1.54) is 14.3 Å². The Morgan fingerprint density at radius 2 is 2.18 bits per heavy atom. The highest BCUT2D eigenvalue weighted by atomic mass is 32.1. The van der Waals surface area contributed by atoms with Crippen molar-refractivity contribution in [2.75, 3.05) is 5.73 Å². The normalized spacial score (nSPS) is 11.7. The lowest BCUT2D eigenvalue weighted by atomic mass is 10.0. The number of fused-ring (bicyclic) bond motifs is 1. The van der Waals surface area contributed by atoms with Crippen molar-refractivity contribution in [2.24, 2.45) is 0 Å². The first-order valence-corrected chi connectivity index (χ1v) is 7.17. The smallest absolute Gasteiger partial charge is 0.149 e. The lowest BCUT2D eigenvalue weighted by molar-refractivity contribution is 0.874. The number of hydrogen-bond acceptors (Lipinski definition) is 4. The minimum Gasteiger partial charge on any atom is -0.382 e. The zero-order chi connectivity index (χ0) is 12.0. The summed E-state index contributed by atoms with van der Waals surface area (Å²) in [6.45, 7) is 4.28. The predicted molar refractivity (Wildman–Crippen MR) is 75.8 cm³/mol. The number of nitrogens with zero attached hydrogens (tertiary/aromatic N) is 1. The lowest BCUT2D eigenvalue weighted by Crippen LogP contribution is -1.94. The number of nitrogen functional groups attached to an aromatic ring is 1. The largest absolute Gasteiger partial charge is 0.382 e. The van der Waals surface area contributed by atoms with Gasteiger partial charge in [-0.15, -0.1) is 22.7 Å². The van der Waals surface area contributed by atoms with Crippen molar-refractivity contribution in [2.45, 2.75) is 19.8 Å². The second-order valence-corrected chi connectivity index (χ2v) is 6.34. The zero-order valence-electron chi connectivity index (χ0n) is 9.65. The van der Waals surface area contributed by atoms with Crippen molar-refractivity contribution in [1.29, 1.82) is 0 Å². The van der Waals surface area contributed by atoms with Crippen molar-refractivity contribution >= 4 is 37.9 Å². The molecule has 3 heterocycles. The first-order valence-electron chi connectivity index (χ1n) is 5.48. The number of H-pyrrole nitrogens is 1. The molecule has 5 heteroatoms. The van der Waals surface area contributed by atoms with Gasteiger partial charge in [0.1, 0.15) is 5.82 Å². The van der Waals surface area contributed by atoms with Crippen molar-refractivity contribution in [1.82, 2.24) is 10.2 Å². The Morgan fingerprint density at radius 3 is 2.88 bits per heavy atom. The van der Waals surface area contributed by atoms with Gasteiger partial charge >= 0.3 is 0 Å². The minimum atomic E-state index is 0.379. The molecule has 0 saturated carbocycles. The molecule has 0 aromatic carbocycles. The van der Waals surface area contributed by atoms with E-state index < -0.39 is 0 Å². The Balaban J connectivity index is 2.18. The molecule has 0 atom stereocenters. The highest BCUT2D eigenvalue weighted by molar-refractivity contribution is 7.28. The first-order chi connectivity index (χ1) is 8.16. The number of hydrogen-bond donors (Lipinski definition) is 2. The van der Waals surface area contributed by atoms with Crippen LogP contribution in [0.1, 0.15) is 25.3 Å². The SMILES string of the molecule is CC(C)c1c(N)n[nH]c1-c1cc2sccc2s1. The zero-order valence-corrected chi connectivity index (χ0v) is 11.3. The summed E-state index contributed by atoms with van der Waals surface area (Å²) in [7, 11) is 0. The molecule has 0 aliphatic heterocycles. The maximum atomic E-state index is 5.91. The topological polar surface area (TPSA) is 54.7 Å². The molecule has 0 saturated heterocycles. The third-order valence-electron chi connectivity index (χ3n) is 2.80. The van der Waals surface area contributed by atoms with E-state index in [9.17, 15) is 0 Å². The van der Waals surface area contributed by atoms with Gasteiger partial charge in [-0.2, -0.15) is 5.10 Å². The molecule has 0 fully saturated rings. The van der Waals surface area contributed by atoms with Crippen LogP contribution in [0.15, 0.2) is 17.5 Å². The summed E-state index contributed by atoms with van der Waals surface area (Å²) in [6, 6.07) is 4.37. The standard InChI is InChI=1S/C12H13N3S2/c1-6(2)10-11(14-15-12(10)13)9-5-8-7(17-9)3-4-16-8/h3-6H,1-2H3,(H3,13,14,15). The summed E-state index contributed by atoms with van der Waals surface area (Å²) in [4.78, 5) is 1.22. The van der Waals surface area contributed by atoms with Gasteiger partial charge in [0.15, 0.2) is 0 Å². The van der Waals surface area contributed by atoms with Gasteiger partial charge in [0.2, 0.25) is 0 Å². The fraction of sp³-hybridized carbons (Fsp3) is 0.250. The molecular weight excluding hydrogens is 250 g/mol. The maximum absolute atomic E-state index is 5.91. The highest BCUT2D eigenvalue weighted by Gasteiger charge is 2.17. The van der Waals surface area contributed by atoms with Crippen LogP contribution in [0.2, 0.25) is 0 Å². The Morgan fingerprint density at radius 1 is 1.35 bits per heavy atom. The average Bonchev–Trinajstić information content (AvgIpc) is 2.88. The molecule has 0 unspecified atom stereocenters. The molecule has 0 aliphatic rings. The molecule has 0 radical (unpaired) electrons. The van der Waals surface area contributed by atoms with Gasteiger partial charge in [0.25, 0.3) is 0 Å². The molecule has 3 nitrogen and oxygen atoms in total. The van der Waals surface area contributed by atoms with Gasteiger partial charge in [0, 0.05) is 15.0 Å². The van der Waals surface area contributed by atoms with Crippen LogP contribution in [0, 0.1) is 0 Å². The molecule has 17 heavy (non-hydrogen) atoms. The Bertz CT molecular complexity index is 632. The molecule has 0 amide bonds. The third kappa shape index (κ3) is 1.66. The lowest BCUT2D eigenvalue weighted by Gasteiger charge is -2.05. The average molecular weight is 263 g/mol. The number of thiophene rings is 2. The van der Waals surface area contributed by atoms with Crippen LogP contribution >= 0.6 is 22.7 Å². The summed E-state index contributed by atoms with van der Waals surface area (Å²) in [5.74, 6) is 0.996. The van der Waals surface area contributed by atoms with E-state index in [1.807, 2.05) is 0 Å². The van der Waals surface area contributed by atoms with Crippen LogP contribution in [0.3, 0.4) is 0 Å². The van der Waals surface area contributed by atoms with Gasteiger partial charge in [0.05, 0.1) is 10.6 Å². The van der Waals surface area contributed by atoms with E-state index in [0.717, 1.165) is 11.3 Å². The van der Waals surface area contributed by atoms with E-state index in [-0.39, 0.29) is 0 Å². The fourth-order valence-electron chi connectivity index (χ4n) is 2.03. The summed E-state index contributed by atoms with van der Waals surface area (Å²) >= 11 is 3.55. The van der Waals surface area contributed by atoms with Crippen LogP contribution in [0.25, 0.3) is 20.0 Å². The number of anilines is 1. The van der Waals surface area contributed by atoms with Crippen molar-refractivity contribution in [3.8, 4) is 10.6 Å². The highest BCUT2D eigenvalue weighted by Crippen LogP contribution is 2.39. The van der Waals surface area contributed by atoms with Gasteiger partial charge in [-0.3, -0.25) is 5.10 Å². The van der Waals surface area contributed by atoms with Crippen LogP contribution in [0.4, 0.5) is 5.82 Å². The van der Waals surface area contributed by atoms with E-state index in [2.05, 4.69) is 41.6 Å². The monoisotopic (exact) mass is 263 g/mol. The van der Waals surface area contributed by atoms with Crippen LogP contribution in [-0.2, 0) is 0 Å². The van der Waals surface area contributed by atoms with Gasteiger partial charge in [-0.05, 0) is 23.4 Å². The Labute approximate surface area is 107 Å². The number of aromatic amines is 1. The van der Waals surface area contributed by atoms with Crippen LogP contribution < -0.4 is 5.73 Å². The van der Waals surface area contributed by atoms with E-state index >= 15 is 0 Å². The molecule has 3 rings (SSSR count). The van der Waals surface area contributed by atoms with Crippen molar-refractivity contribution in [3.63, 3.8) is 0 Å². The molecule has 3 aromatic rings.